The number of benzene rings is 1. The van der Waals surface area contributed by atoms with Gasteiger partial charge in [0.25, 0.3) is 15.7 Å². The average Bonchev–Trinajstić information content (AvgIpc) is 2.34. The standard InChI is InChI=1S/C13H17NO3S/c1-13(14-2,12-8-4-3-5-9-12)10-6-7-11-18(15,16)17/h3-5,8-9H,6-7,10-11H2,1H3,(H,15,16,17). The molecule has 0 fully saturated rings. The summed E-state index contributed by atoms with van der Waals surface area (Å²) in [7, 11) is -3.89. The van der Waals surface area contributed by atoms with Crippen LogP contribution >= 0.6 is 0 Å². The van der Waals surface area contributed by atoms with Gasteiger partial charge < -0.3 is 4.85 Å². The first-order valence-electron chi connectivity index (χ1n) is 5.77. The van der Waals surface area contributed by atoms with E-state index in [1.807, 2.05) is 37.3 Å². The maximum absolute atomic E-state index is 10.6. The molecule has 0 aliphatic rings. The van der Waals surface area contributed by atoms with Crippen LogP contribution in [0.2, 0.25) is 0 Å². The van der Waals surface area contributed by atoms with Crippen LogP contribution in [0.5, 0.6) is 0 Å². The van der Waals surface area contributed by atoms with E-state index in [-0.39, 0.29) is 5.75 Å². The smallest absolute Gasteiger partial charge is 0.264 e. The monoisotopic (exact) mass is 267 g/mol. The molecule has 1 rings (SSSR count). The summed E-state index contributed by atoms with van der Waals surface area (Å²) in [5.74, 6) is -0.240. The van der Waals surface area contributed by atoms with Crippen LogP contribution in [0.15, 0.2) is 30.3 Å². The molecule has 98 valence electrons. The van der Waals surface area contributed by atoms with Gasteiger partial charge in [0.15, 0.2) is 0 Å². The highest BCUT2D eigenvalue weighted by atomic mass is 32.2. The summed E-state index contributed by atoms with van der Waals surface area (Å²) in [6.45, 7) is 9.16. The van der Waals surface area contributed by atoms with Crippen molar-refractivity contribution in [3.8, 4) is 0 Å². The van der Waals surface area contributed by atoms with Crippen molar-refractivity contribution in [3.63, 3.8) is 0 Å². The summed E-state index contributed by atoms with van der Waals surface area (Å²) in [6, 6.07) is 9.47. The second-order valence-corrected chi connectivity index (χ2v) is 6.07. The Morgan fingerprint density at radius 2 is 1.89 bits per heavy atom. The minimum absolute atomic E-state index is 0.240. The van der Waals surface area contributed by atoms with Gasteiger partial charge >= 0.3 is 0 Å². The molecular formula is C13H17NO3S. The van der Waals surface area contributed by atoms with Gasteiger partial charge in [0.2, 0.25) is 0 Å². The van der Waals surface area contributed by atoms with E-state index >= 15 is 0 Å². The lowest BCUT2D eigenvalue weighted by molar-refractivity contribution is 0.470. The lowest BCUT2D eigenvalue weighted by Gasteiger charge is -2.17. The largest absolute Gasteiger partial charge is 0.306 e. The van der Waals surface area contributed by atoms with Crippen molar-refractivity contribution in [2.75, 3.05) is 5.75 Å². The first-order chi connectivity index (χ1) is 8.37. The van der Waals surface area contributed by atoms with Crippen molar-refractivity contribution in [2.45, 2.75) is 31.7 Å². The second-order valence-electron chi connectivity index (χ2n) is 4.49. The Labute approximate surface area is 108 Å². The summed E-state index contributed by atoms with van der Waals surface area (Å²) < 4.78 is 29.8. The summed E-state index contributed by atoms with van der Waals surface area (Å²) in [4.78, 5) is 3.66. The van der Waals surface area contributed by atoms with Gasteiger partial charge in [-0.1, -0.05) is 30.3 Å². The molecule has 0 saturated heterocycles. The summed E-state index contributed by atoms with van der Waals surface area (Å²) in [5.41, 5.74) is 0.312. The fraction of sp³-hybridized carbons (Fsp3) is 0.462. The van der Waals surface area contributed by atoms with Crippen molar-refractivity contribution in [1.82, 2.24) is 0 Å². The van der Waals surface area contributed by atoms with E-state index in [4.69, 9.17) is 11.1 Å². The molecule has 0 bridgehead atoms. The van der Waals surface area contributed by atoms with Crippen molar-refractivity contribution < 1.29 is 13.0 Å². The number of rotatable bonds is 6. The van der Waals surface area contributed by atoms with E-state index in [1.54, 1.807) is 0 Å². The first kappa shape index (κ1) is 14.7. The van der Waals surface area contributed by atoms with Crippen molar-refractivity contribution in [2.24, 2.45) is 0 Å². The van der Waals surface area contributed by atoms with Crippen LogP contribution in [-0.4, -0.2) is 18.7 Å². The number of hydrogen-bond acceptors (Lipinski definition) is 2. The van der Waals surface area contributed by atoms with Gasteiger partial charge in [-0.25, -0.2) is 6.57 Å². The molecule has 0 aliphatic heterocycles. The lowest BCUT2D eigenvalue weighted by Crippen LogP contribution is -2.17. The van der Waals surface area contributed by atoms with Gasteiger partial charge in [-0.15, -0.1) is 0 Å². The van der Waals surface area contributed by atoms with E-state index in [9.17, 15) is 8.42 Å². The molecule has 18 heavy (non-hydrogen) atoms. The third kappa shape index (κ3) is 4.47. The minimum Gasteiger partial charge on any atom is -0.306 e. The molecule has 0 aliphatic carbocycles. The maximum Gasteiger partial charge on any atom is 0.264 e. The van der Waals surface area contributed by atoms with Crippen LogP contribution in [0.3, 0.4) is 0 Å². The molecule has 0 amide bonds. The Morgan fingerprint density at radius 3 is 2.39 bits per heavy atom. The first-order valence-corrected chi connectivity index (χ1v) is 7.38. The summed E-state index contributed by atoms with van der Waals surface area (Å²) in [5, 5.41) is 0. The number of hydrogen-bond donors (Lipinski definition) is 1. The Hall–Kier alpha value is -1.38. The normalized spacial score (nSPS) is 14.7. The van der Waals surface area contributed by atoms with Crippen molar-refractivity contribution in [3.05, 3.63) is 47.3 Å². The molecule has 5 heteroatoms. The SMILES string of the molecule is [C-]#[N+]C(C)(CCCCS(=O)(=O)O)c1ccccc1. The van der Waals surface area contributed by atoms with Crippen LogP contribution in [0.4, 0.5) is 0 Å². The van der Waals surface area contributed by atoms with Crippen molar-refractivity contribution >= 4 is 10.1 Å². The van der Waals surface area contributed by atoms with Gasteiger partial charge in [-0.05, 0) is 12.8 Å². The van der Waals surface area contributed by atoms with Crippen LogP contribution < -0.4 is 0 Å². The van der Waals surface area contributed by atoms with E-state index in [1.165, 1.54) is 0 Å². The second kappa shape index (κ2) is 5.98. The van der Waals surface area contributed by atoms with E-state index in [0.29, 0.717) is 19.3 Å². The Bertz CT molecular complexity index is 519. The molecular weight excluding hydrogens is 250 g/mol. The van der Waals surface area contributed by atoms with Gasteiger partial charge in [0.1, 0.15) is 0 Å². The minimum atomic E-state index is -3.89. The van der Waals surface area contributed by atoms with Crippen molar-refractivity contribution in [1.29, 1.82) is 0 Å². The number of nitrogens with zero attached hydrogens (tertiary/aromatic N) is 1. The molecule has 0 heterocycles. The third-order valence-electron chi connectivity index (χ3n) is 2.96. The number of unbranched alkanes of at least 4 members (excludes halogenated alkanes) is 1. The highest BCUT2D eigenvalue weighted by Crippen LogP contribution is 2.31. The van der Waals surface area contributed by atoms with Crippen LogP contribution in [0.25, 0.3) is 4.85 Å². The lowest BCUT2D eigenvalue weighted by atomic mass is 9.88. The zero-order valence-electron chi connectivity index (χ0n) is 10.3. The highest BCUT2D eigenvalue weighted by molar-refractivity contribution is 7.85. The average molecular weight is 267 g/mol. The van der Waals surface area contributed by atoms with Gasteiger partial charge in [0, 0.05) is 18.9 Å². The summed E-state index contributed by atoms with van der Waals surface area (Å²) in [6.07, 6.45) is 1.54. The Balaban J connectivity index is 2.60. The molecule has 1 atom stereocenters. The Kier molecular flexibility index (Phi) is 4.88. The van der Waals surface area contributed by atoms with E-state index in [2.05, 4.69) is 4.85 Å². The third-order valence-corrected chi connectivity index (χ3v) is 3.76. The molecule has 4 nitrogen and oxygen atoms in total. The van der Waals surface area contributed by atoms with Gasteiger partial charge in [-0.2, -0.15) is 8.42 Å². The van der Waals surface area contributed by atoms with Crippen LogP contribution in [0, 0.1) is 6.57 Å². The Morgan fingerprint density at radius 1 is 1.28 bits per heavy atom. The zero-order valence-corrected chi connectivity index (χ0v) is 11.2. The quantitative estimate of drug-likeness (QED) is 0.490. The predicted molar refractivity (Wildman–Crippen MR) is 70.7 cm³/mol. The molecule has 1 aromatic carbocycles. The van der Waals surface area contributed by atoms with Crippen LogP contribution in [-0.2, 0) is 15.7 Å². The topological polar surface area (TPSA) is 58.7 Å². The molecule has 0 aromatic heterocycles. The molecule has 0 spiro atoms. The molecule has 0 radical (unpaired) electrons. The predicted octanol–water partition coefficient (Wildman–Crippen LogP) is 2.88. The maximum atomic E-state index is 10.6. The van der Waals surface area contributed by atoms with Gasteiger partial charge in [-0.3, -0.25) is 4.55 Å². The van der Waals surface area contributed by atoms with E-state index in [0.717, 1.165) is 5.56 Å². The van der Waals surface area contributed by atoms with E-state index < -0.39 is 15.7 Å². The van der Waals surface area contributed by atoms with Crippen LogP contribution in [0.1, 0.15) is 31.7 Å². The molecule has 1 unspecified atom stereocenters. The zero-order chi connectivity index (χ0) is 13.6. The van der Waals surface area contributed by atoms with Gasteiger partial charge in [0.05, 0.1) is 5.75 Å². The fourth-order valence-electron chi connectivity index (χ4n) is 1.82. The molecule has 1 aromatic rings. The molecule has 0 saturated carbocycles. The summed E-state index contributed by atoms with van der Waals surface area (Å²) >= 11 is 0. The molecule has 1 N–H and O–H groups in total. The highest BCUT2D eigenvalue weighted by Gasteiger charge is 2.31. The fourth-order valence-corrected chi connectivity index (χ4v) is 2.38.